The maximum atomic E-state index is 12.6. The zero-order valence-electron chi connectivity index (χ0n) is 6.99. The Morgan fingerprint density at radius 3 is 2.77 bits per heavy atom. The van der Waals surface area contributed by atoms with Gasteiger partial charge in [0.2, 0.25) is 5.91 Å². The number of nitrogens with one attached hydrogen (secondary N) is 1. The second-order valence-electron chi connectivity index (χ2n) is 2.88. The molecule has 0 aromatic rings. The van der Waals surface area contributed by atoms with Gasteiger partial charge in [-0.05, 0) is 6.42 Å². The van der Waals surface area contributed by atoms with Crippen molar-refractivity contribution >= 4 is 12.0 Å². The highest BCUT2D eigenvalue weighted by molar-refractivity contribution is 5.81. The highest BCUT2D eigenvalue weighted by Gasteiger charge is 2.25. The molecule has 5 nitrogen and oxygen atoms in total. The quantitative estimate of drug-likeness (QED) is 0.634. The molecule has 1 heterocycles. The number of carbonyl (C=O) groups is 2. The van der Waals surface area contributed by atoms with E-state index in [1.165, 1.54) is 4.90 Å². The standard InChI is InChI=1S/C7H11FN2O3/c8-5-1-2-10(4-5)6(11)3-9-7(12)13/h5,9H,1-4H2,(H,12,13). The first-order valence-electron chi connectivity index (χ1n) is 3.98. The van der Waals surface area contributed by atoms with E-state index in [4.69, 9.17) is 5.11 Å². The van der Waals surface area contributed by atoms with Crippen LogP contribution in [0.25, 0.3) is 0 Å². The number of rotatable bonds is 2. The fourth-order valence-corrected chi connectivity index (χ4v) is 1.21. The topological polar surface area (TPSA) is 69.6 Å². The van der Waals surface area contributed by atoms with Gasteiger partial charge in [0, 0.05) is 6.54 Å². The summed E-state index contributed by atoms with van der Waals surface area (Å²) in [5.41, 5.74) is 0. The number of hydrogen-bond acceptors (Lipinski definition) is 2. The molecule has 6 heteroatoms. The van der Waals surface area contributed by atoms with Crippen LogP contribution in [-0.2, 0) is 4.79 Å². The van der Waals surface area contributed by atoms with Crippen molar-refractivity contribution in [1.29, 1.82) is 0 Å². The SMILES string of the molecule is O=C(O)NCC(=O)N1CCC(F)C1. The van der Waals surface area contributed by atoms with Crippen molar-refractivity contribution in [2.24, 2.45) is 0 Å². The third-order valence-electron chi connectivity index (χ3n) is 1.87. The van der Waals surface area contributed by atoms with Crippen molar-refractivity contribution < 1.29 is 19.1 Å². The van der Waals surface area contributed by atoms with Gasteiger partial charge < -0.3 is 15.3 Å². The van der Waals surface area contributed by atoms with Crippen LogP contribution in [0.2, 0.25) is 0 Å². The lowest BCUT2D eigenvalue weighted by atomic mass is 10.3. The van der Waals surface area contributed by atoms with Crippen molar-refractivity contribution in [1.82, 2.24) is 10.2 Å². The summed E-state index contributed by atoms with van der Waals surface area (Å²) >= 11 is 0. The van der Waals surface area contributed by atoms with Crippen LogP contribution in [0.4, 0.5) is 9.18 Å². The maximum absolute atomic E-state index is 12.6. The number of likely N-dealkylation sites (tertiary alicyclic amines) is 1. The first-order chi connectivity index (χ1) is 6.09. The number of carboxylic acid groups (broad SMARTS) is 1. The van der Waals surface area contributed by atoms with E-state index in [2.05, 4.69) is 0 Å². The van der Waals surface area contributed by atoms with Crippen LogP contribution in [0.15, 0.2) is 0 Å². The molecule has 1 unspecified atom stereocenters. The highest BCUT2D eigenvalue weighted by Crippen LogP contribution is 2.11. The Morgan fingerprint density at radius 1 is 1.62 bits per heavy atom. The Bertz CT molecular complexity index is 222. The van der Waals surface area contributed by atoms with Gasteiger partial charge in [-0.3, -0.25) is 4.79 Å². The van der Waals surface area contributed by atoms with E-state index in [0.29, 0.717) is 13.0 Å². The molecule has 0 radical (unpaired) electrons. The molecule has 2 N–H and O–H groups in total. The van der Waals surface area contributed by atoms with Gasteiger partial charge in [0.25, 0.3) is 0 Å². The van der Waals surface area contributed by atoms with E-state index in [9.17, 15) is 14.0 Å². The molecular weight excluding hydrogens is 179 g/mol. The lowest BCUT2D eigenvalue weighted by Gasteiger charge is -2.14. The molecule has 1 saturated heterocycles. The summed E-state index contributed by atoms with van der Waals surface area (Å²) in [5, 5.41) is 10.1. The number of carbonyl (C=O) groups excluding carboxylic acids is 1. The van der Waals surface area contributed by atoms with Gasteiger partial charge in [-0.2, -0.15) is 0 Å². The Labute approximate surface area is 74.5 Å². The predicted octanol–water partition coefficient (Wildman–Crippen LogP) is -0.176. The fourth-order valence-electron chi connectivity index (χ4n) is 1.21. The molecule has 1 rings (SSSR count). The minimum Gasteiger partial charge on any atom is -0.465 e. The molecule has 0 bridgehead atoms. The van der Waals surface area contributed by atoms with Gasteiger partial charge in [0.1, 0.15) is 12.7 Å². The second kappa shape index (κ2) is 4.06. The van der Waals surface area contributed by atoms with E-state index >= 15 is 0 Å². The molecule has 1 aliphatic rings. The lowest BCUT2D eigenvalue weighted by Crippen LogP contribution is -2.38. The van der Waals surface area contributed by atoms with Crippen LogP contribution >= 0.6 is 0 Å². The van der Waals surface area contributed by atoms with Crippen molar-refractivity contribution in [3.05, 3.63) is 0 Å². The summed E-state index contributed by atoms with van der Waals surface area (Å²) < 4.78 is 12.6. The largest absolute Gasteiger partial charge is 0.465 e. The van der Waals surface area contributed by atoms with Crippen molar-refractivity contribution in [2.45, 2.75) is 12.6 Å². The third kappa shape index (κ3) is 2.89. The molecule has 0 spiro atoms. The van der Waals surface area contributed by atoms with Crippen LogP contribution in [0.1, 0.15) is 6.42 Å². The molecule has 0 aliphatic carbocycles. The number of hydrogen-bond donors (Lipinski definition) is 2. The summed E-state index contributed by atoms with van der Waals surface area (Å²) in [6.07, 6.45) is -1.86. The van der Waals surface area contributed by atoms with Gasteiger partial charge in [0.15, 0.2) is 0 Å². The monoisotopic (exact) mass is 190 g/mol. The number of amides is 2. The average molecular weight is 190 g/mol. The van der Waals surface area contributed by atoms with Crippen LogP contribution in [-0.4, -0.2) is 47.8 Å². The molecule has 0 saturated carbocycles. The first-order valence-corrected chi connectivity index (χ1v) is 3.98. The Balaban J connectivity index is 2.27. The summed E-state index contributed by atoms with van der Waals surface area (Å²) in [7, 11) is 0. The first kappa shape index (κ1) is 9.76. The van der Waals surface area contributed by atoms with Crippen LogP contribution in [0, 0.1) is 0 Å². The van der Waals surface area contributed by atoms with Gasteiger partial charge >= 0.3 is 6.09 Å². The molecule has 1 atom stereocenters. The van der Waals surface area contributed by atoms with Gasteiger partial charge in [-0.1, -0.05) is 0 Å². The lowest BCUT2D eigenvalue weighted by molar-refractivity contribution is -0.129. The summed E-state index contributed by atoms with van der Waals surface area (Å²) in [4.78, 5) is 22.5. The zero-order chi connectivity index (χ0) is 9.84. The number of nitrogens with zero attached hydrogens (tertiary/aromatic N) is 1. The van der Waals surface area contributed by atoms with Crippen molar-refractivity contribution in [3.8, 4) is 0 Å². The zero-order valence-corrected chi connectivity index (χ0v) is 6.99. The van der Waals surface area contributed by atoms with Gasteiger partial charge in [-0.15, -0.1) is 0 Å². The van der Waals surface area contributed by atoms with Crippen molar-refractivity contribution in [2.75, 3.05) is 19.6 Å². The van der Waals surface area contributed by atoms with E-state index in [1.54, 1.807) is 0 Å². The molecule has 2 amide bonds. The van der Waals surface area contributed by atoms with E-state index in [1.807, 2.05) is 5.32 Å². The van der Waals surface area contributed by atoms with E-state index in [-0.39, 0.29) is 19.0 Å². The third-order valence-corrected chi connectivity index (χ3v) is 1.87. The molecule has 74 valence electrons. The Kier molecular flexibility index (Phi) is 3.05. The Morgan fingerprint density at radius 2 is 2.31 bits per heavy atom. The second-order valence-corrected chi connectivity index (χ2v) is 2.88. The normalized spacial score (nSPS) is 21.6. The Hall–Kier alpha value is -1.33. The van der Waals surface area contributed by atoms with Gasteiger partial charge in [0.05, 0.1) is 6.54 Å². The fraction of sp³-hybridized carbons (Fsp3) is 0.714. The molecule has 0 aromatic heterocycles. The van der Waals surface area contributed by atoms with Gasteiger partial charge in [-0.25, -0.2) is 9.18 Å². The minimum atomic E-state index is -1.25. The summed E-state index contributed by atoms with van der Waals surface area (Å²) in [6.45, 7) is 0.184. The molecule has 1 aliphatic heterocycles. The van der Waals surface area contributed by atoms with Crippen LogP contribution < -0.4 is 5.32 Å². The predicted molar refractivity (Wildman–Crippen MR) is 42.1 cm³/mol. The smallest absolute Gasteiger partial charge is 0.405 e. The highest BCUT2D eigenvalue weighted by atomic mass is 19.1. The molecule has 1 fully saturated rings. The summed E-state index contributed by atoms with van der Waals surface area (Å²) in [5.74, 6) is -0.373. The number of halogens is 1. The molecule has 13 heavy (non-hydrogen) atoms. The summed E-state index contributed by atoms with van der Waals surface area (Å²) in [6, 6.07) is 0. The average Bonchev–Trinajstić information content (AvgIpc) is 2.47. The minimum absolute atomic E-state index is 0.0835. The maximum Gasteiger partial charge on any atom is 0.405 e. The van der Waals surface area contributed by atoms with Crippen molar-refractivity contribution in [3.63, 3.8) is 0 Å². The van der Waals surface area contributed by atoms with Crippen LogP contribution in [0.5, 0.6) is 0 Å². The van der Waals surface area contributed by atoms with Crippen LogP contribution in [0.3, 0.4) is 0 Å². The van der Waals surface area contributed by atoms with E-state index in [0.717, 1.165) is 0 Å². The number of alkyl halides is 1. The molecular formula is C7H11FN2O3. The molecule has 0 aromatic carbocycles. The van der Waals surface area contributed by atoms with E-state index < -0.39 is 12.3 Å².